The molecule has 0 aliphatic heterocycles. The minimum atomic E-state index is -0.490. The lowest BCUT2D eigenvalue weighted by molar-refractivity contribution is -0.0914. The van der Waals surface area contributed by atoms with Gasteiger partial charge < -0.3 is 10.1 Å². The highest BCUT2D eigenvalue weighted by molar-refractivity contribution is 9.10. The lowest BCUT2D eigenvalue weighted by Gasteiger charge is -2.69. The number of benzene rings is 1. The first-order valence-electron chi connectivity index (χ1n) is 8.50. The number of carbonyl (C=O) groups excluding carboxylic acids is 1. The van der Waals surface area contributed by atoms with E-state index in [9.17, 15) is 4.79 Å². The number of hydrogen-bond acceptors (Lipinski definition) is 4. The Morgan fingerprint density at radius 2 is 1.85 bits per heavy atom. The van der Waals surface area contributed by atoms with Crippen LogP contribution in [0.3, 0.4) is 0 Å². The zero-order chi connectivity index (χ0) is 18.7. The summed E-state index contributed by atoms with van der Waals surface area (Å²) in [5, 5.41) is 12.9. The normalized spacial score (nSPS) is 26.7. The number of carbonyl (C=O) groups is 1. The van der Waals surface area contributed by atoms with E-state index in [1.165, 1.54) is 0 Å². The lowest BCUT2D eigenvalue weighted by atomic mass is 9.38. The van der Waals surface area contributed by atoms with E-state index in [1.807, 2.05) is 45.0 Å². The zero-order valence-corrected chi connectivity index (χ0v) is 17.2. The summed E-state index contributed by atoms with van der Waals surface area (Å²) in [6, 6.07) is 7.39. The Labute approximate surface area is 165 Å². The van der Waals surface area contributed by atoms with Crippen LogP contribution in [0.1, 0.15) is 45.7 Å². The standard InChI is InChI=1S/C18H20BrClN4O2/c1-16(2,3)26-15(25)21-18-8-17(9-18,10-18)13-14(19)23-24(22-13)12-6-4-11(20)5-7-12/h4-7H,8-10H2,1-3H3,(H,21,25). The largest absolute Gasteiger partial charge is 0.444 e. The molecule has 1 aromatic carbocycles. The third-order valence-corrected chi connectivity index (χ3v) is 5.72. The molecule has 0 atom stereocenters. The Balaban J connectivity index is 1.45. The molecular formula is C18H20BrClN4O2. The monoisotopic (exact) mass is 438 g/mol. The van der Waals surface area contributed by atoms with Gasteiger partial charge in [-0.15, -0.1) is 5.10 Å². The van der Waals surface area contributed by atoms with E-state index in [0.29, 0.717) is 5.02 Å². The van der Waals surface area contributed by atoms with Crippen molar-refractivity contribution in [3.05, 3.63) is 39.6 Å². The molecule has 6 nitrogen and oxygen atoms in total. The fraction of sp³-hybridized carbons (Fsp3) is 0.500. The molecule has 2 bridgehead atoms. The predicted molar refractivity (Wildman–Crippen MR) is 102 cm³/mol. The molecule has 2 aromatic rings. The van der Waals surface area contributed by atoms with Gasteiger partial charge in [0, 0.05) is 16.0 Å². The summed E-state index contributed by atoms with van der Waals surface area (Å²) in [6.07, 6.45) is 2.22. The van der Waals surface area contributed by atoms with E-state index in [4.69, 9.17) is 16.3 Å². The average Bonchev–Trinajstić information content (AvgIpc) is 2.82. The van der Waals surface area contributed by atoms with Crippen LogP contribution in [0.15, 0.2) is 28.9 Å². The maximum atomic E-state index is 12.0. The van der Waals surface area contributed by atoms with Crippen LogP contribution < -0.4 is 5.32 Å². The average molecular weight is 440 g/mol. The molecule has 5 rings (SSSR count). The Hall–Kier alpha value is -1.60. The second-order valence-corrected chi connectivity index (χ2v) is 9.51. The summed E-state index contributed by atoms with van der Waals surface area (Å²) in [7, 11) is 0. The van der Waals surface area contributed by atoms with Gasteiger partial charge in [0.15, 0.2) is 4.60 Å². The van der Waals surface area contributed by atoms with Gasteiger partial charge in [-0.3, -0.25) is 0 Å². The number of alkyl carbamates (subject to hydrolysis) is 1. The van der Waals surface area contributed by atoms with Crippen LogP contribution in [0.2, 0.25) is 5.02 Å². The molecule has 0 unspecified atom stereocenters. The van der Waals surface area contributed by atoms with Gasteiger partial charge in [-0.05, 0) is 80.2 Å². The maximum absolute atomic E-state index is 12.0. The first kappa shape index (κ1) is 17.8. The molecule has 1 amide bonds. The van der Waals surface area contributed by atoms with Gasteiger partial charge in [0.1, 0.15) is 11.3 Å². The van der Waals surface area contributed by atoms with E-state index < -0.39 is 5.60 Å². The fourth-order valence-electron chi connectivity index (χ4n) is 4.00. The van der Waals surface area contributed by atoms with Crippen LogP contribution in [-0.4, -0.2) is 32.2 Å². The van der Waals surface area contributed by atoms with Crippen LogP contribution in [0, 0.1) is 0 Å². The SMILES string of the molecule is CC(C)(C)OC(=O)NC12CC(c3nn(-c4ccc(Cl)cc4)nc3Br)(C1)C2. The maximum Gasteiger partial charge on any atom is 0.408 e. The first-order valence-corrected chi connectivity index (χ1v) is 9.67. The van der Waals surface area contributed by atoms with E-state index in [1.54, 1.807) is 4.80 Å². The van der Waals surface area contributed by atoms with Gasteiger partial charge in [0.2, 0.25) is 0 Å². The molecule has 0 saturated heterocycles. The van der Waals surface area contributed by atoms with E-state index in [0.717, 1.165) is 35.2 Å². The van der Waals surface area contributed by atoms with Crippen LogP contribution in [0.25, 0.3) is 5.69 Å². The van der Waals surface area contributed by atoms with Gasteiger partial charge >= 0.3 is 6.09 Å². The highest BCUT2D eigenvalue weighted by Crippen LogP contribution is 2.68. The molecule has 1 N–H and O–H groups in total. The topological polar surface area (TPSA) is 69.0 Å². The van der Waals surface area contributed by atoms with Crippen molar-refractivity contribution in [2.24, 2.45) is 0 Å². The molecule has 3 saturated carbocycles. The Kier molecular flexibility index (Phi) is 3.90. The quantitative estimate of drug-likeness (QED) is 0.770. The zero-order valence-electron chi connectivity index (χ0n) is 14.8. The van der Waals surface area contributed by atoms with Crippen molar-refractivity contribution in [2.75, 3.05) is 0 Å². The van der Waals surface area contributed by atoms with Crippen LogP contribution >= 0.6 is 27.5 Å². The second-order valence-electron chi connectivity index (χ2n) is 8.32. The Morgan fingerprint density at radius 1 is 1.23 bits per heavy atom. The van der Waals surface area contributed by atoms with Crippen LogP contribution in [0.4, 0.5) is 4.79 Å². The summed E-state index contributed by atoms with van der Waals surface area (Å²) in [4.78, 5) is 13.6. The molecule has 26 heavy (non-hydrogen) atoms. The van der Waals surface area contributed by atoms with E-state index in [-0.39, 0.29) is 17.0 Å². The third-order valence-electron chi connectivity index (χ3n) is 4.93. The predicted octanol–water partition coefficient (Wildman–Crippen LogP) is 4.38. The number of nitrogens with one attached hydrogen (secondary N) is 1. The number of hydrogen-bond donors (Lipinski definition) is 1. The summed E-state index contributed by atoms with van der Waals surface area (Å²) in [5.41, 5.74) is 1.13. The van der Waals surface area contributed by atoms with Crippen molar-refractivity contribution in [3.63, 3.8) is 0 Å². The van der Waals surface area contributed by atoms with Crippen molar-refractivity contribution < 1.29 is 9.53 Å². The van der Waals surface area contributed by atoms with Crippen molar-refractivity contribution in [2.45, 2.75) is 56.6 Å². The van der Waals surface area contributed by atoms with Crippen molar-refractivity contribution >= 4 is 33.6 Å². The molecule has 3 fully saturated rings. The molecular weight excluding hydrogens is 420 g/mol. The minimum absolute atomic E-state index is 0.0154. The van der Waals surface area contributed by atoms with Gasteiger partial charge in [-0.2, -0.15) is 9.90 Å². The Morgan fingerprint density at radius 3 is 2.42 bits per heavy atom. The fourth-order valence-corrected chi connectivity index (χ4v) is 4.77. The van der Waals surface area contributed by atoms with Gasteiger partial charge in [0.05, 0.1) is 5.69 Å². The second kappa shape index (κ2) is 5.70. The van der Waals surface area contributed by atoms with Crippen molar-refractivity contribution in [1.82, 2.24) is 20.3 Å². The smallest absolute Gasteiger partial charge is 0.408 e. The molecule has 0 radical (unpaired) electrons. The van der Waals surface area contributed by atoms with Crippen LogP contribution in [-0.2, 0) is 10.2 Å². The van der Waals surface area contributed by atoms with Gasteiger partial charge in [-0.1, -0.05) is 11.6 Å². The number of aromatic nitrogens is 3. The summed E-state index contributed by atoms with van der Waals surface area (Å²) < 4.78 is 6.11. The number of halogens is 2. The van der Waals surface area contributed by atoms with Gasteiger partial charge in [0.25, 0.3) is 0 Å². The molecule has 1 heterocycles. The van der Waals surface area contributed by atoms with Gasteiger partial charge in [-0.25, -0.2) is 4.79 Å². The van der Waals surface area contributed by atoms with E-state index >= 15 is 0 Å². The lowest BCUT2D eigenvalue weighted by Crippen LogP contribution is -2.77. The van der Waals surface area contributed by atoms with E-state index in [2.05, 4.69) is 31.4 Å². The highest BCUT2D eigenvalue weighted by Gasteiger charge is 2.71. The minimum Gasteiger partial charge on any atom is -0.444 e. The molecule has 0 spiro atoms. The number of rotatable bonds is 3. The molecule has 3 aliphatic rings. The summed E-state index contributed by atoms with van der Waals surface area (Å²) >= 11 is 9.48. The molecule has 138 valence electrons. The molecule has 1 aromatic heterocycles. The number of nitrogens with zero attached hydrogens (tertiary/aromatic N) is 3. The highest BCUT2D eigenvalue weighted by atomic mass is 79.9. The number of amides is 1. The third kappa shape index (κ3) is 3.01. The number of ether oxygens (including phenoxy) is 1. The van der Waals surface area contributed by atoms with Crippen molar-refractivity contribution in [3.8, 4) is 5.69 Å². The first-order chi connectivity index (χ1) is 12.1. The molecule has 8 heteroatoms. The Bertz CT molecular complexity index is 853. The molecule has 3 aliphatic carbocycles. The summed E-state index contributed by atoms with van der Waals surface area (Å²) in [5.74, 6) is 0. The summed E-state index contributed by atoms with van der Waals surface area (Å²) in [6.45, 7) is 5.59. The van der Waals surface area contributed by atoms with Crippen molar-refractivity contribution in [1.29, 1.82) is 0 Å². The van der Waals surface area contributed by atoms with Crippen LogP contribution in [0.5, 0.6) is 0 Å².